The molecule has 1 fully saturated rings. The van der Waals surface area contributed by atoms with Gasteiger partial charge >= 0.3 is 0 Å². The lowest BCUT2D eigenvalue weighted by Gasteiger charge is -2.34. The van der Waals surface area contributed by atoms with Crippen molar-refractivity contribution in [3.8, 4) is 0 Å². The highest BCUT2D eigenvalue weighted by atomic mass is 16.2. The average Bonchev–Trinajstić information content (AvgIpc) is 2.66. The van der Waals surface area contributed by atoms with Crippen molar-refractivity contribution >= 4 is 12.0 Å². The van der Waals surface area contributed by atoms with Gasteiger partial charge in [0, 0.05) is 39.1 Å². The smallest absolute Gasteiger partial charge is 0.222 e. The van der Waals surface area contributed by atoms with Crippen LogP contribution < -0.4 is 0 Å². The molecule has 3 heteroatoms. The zero-order valence-corrected chi connectivity index (χ0v) is 15.8. The second-order valence-corrected chi connectivity index (χ2v) is 7.01. The van der Waals surface area contributed by atoms with Crippen molar-refractivity contribution in [1.82, 2.24) is 9.80 Å². The third-order valence-corrected chi connectivity index (χ3v) is 4.94. The van der Waals surface area contributed by atoms with E-state index in [2.05, 4.69) is 53.1 Å². The van der Waals surface area contributed by atoms with E-state index in [-0.39, 0.29) is 0 Å². The van der Waals surface area contributed by atoms with Crippen LogP contribution in [0.2, 0.25) is 0 Å². The minimum atomic E-state index is 0.356. The van der Waals surface area contributed by atoms with Gasteiger partial charge in [0.05, 0.1) is 0 Å². The molecule has 0 saturated carbocycles. The summed E-state index contributed by atoms with van der Waals surface area (Å²) in [5, 5.41) is 0. The molecule has 0 spiro atoms. The summed E-state index contributed by atoms with van der Waals surface area (Å²) < 4.78 is 0. The number of carbonyl (C=O) groups excluding carboxylic acids is 1. The molecular weight excluding hydrogens is 308 g/mol. The number of amides is 1. The molecule has 0 aromatic heterocycles. The van der Waals surface area contributed by atoms with Gasteiger partial charge in [-0.2, -0.15) is 0 Å². The van der Waals surface area contributed by atoms with Gasteiger partial charge in [-0.3, -0.25) is 9.69 Å². The number of piperazine rings is 1. The summed E-state index contributed by atoms with van der Waals surface area (Å²) in [7, 11) is 0. The zero-order valence-electron chi connectivity index (χ0n) is 15.8. The van der Waals surface area contributed by atoms with Crippen LogP contribution in [0.1, 0.15) is 57.4 Å². The van der Waals surface area contributed by atoms with E-state index in [1.807, 2.05) is 6.07 Å². The Morgan fingerprint density at radius 2 is 1.64 bits per heavy atom. The van der Waals surface area contributed by atoms with Crippen molar-refractivity contribution in [2.24, 2.45) is 0 Å². The normalized spacial score (nSPS) is 15.8. The number of hydrogen-bond acceptors (Lipinski definition) is 2. The first-order chi connectivity index (χ1) is 12.3. The predicted octanol–water partition coefficient (Wildman–Crippen LogP) is 4.59. The van der Waals surface area contributed by atoms with Gasteiger partial charge < -0.3 is 4.90 Å². The van der Waals surface area contributed by atoms with Crippen molar-refractivity contribution in [1.29, 1.82) is 0 Å². The molecule has 0 radical (unpaired) electrons. The van der Waals surface area contributed by atoms with Crippen LogP contribution in [0.4, 0.5) is 0 Å². The molecule has 0 aliphatic carbocycles. The fraction of sp³-hybridized carbons (Fsp3) is 0.591. The van der Waals surface area contributed by atoms with E-state index in [4.69, 9.17) is 0 Å². The highest BCUT2D eigenvalue weighted by molar-refractivity contribution is 5.76. The molecule has 1 aromatic rings. The van der Waals surface area contributed by atoms with Crippen molar-refractivity contribution in [2.75, 3.05) is 32.7 Å². The maximum atomic E-state index is 12.3. The fourth-order valence-corrected chi connectivity index (χ4v) is 3.30. The van der Waals surface area contributed by atoms with Crippen LogP contribution in [0.3, 0.4) is 0 Å². The molecule has 1 aliphatic rings. The lowest BCUT2D eigenvalue weighted by atomic mass is 10.1. The summed E-state index contributed by atoms with van der Waals surface area (Å²) in [6.07, 6.45) is 12.6. The Labute approximate surface area is 153 Å². The van der Waals surface area contributed by atoms with Gasteiger partial charge in [-0.1, -0.05) is 81.5 Å². The molecule has 3 nitrogen and oxygen atoms in total. The summed E-state index contributed by atoms with van der Waals surface area (Å²) in [5.41, 5.74) is 1.25. The van der Waals surface area contributed by atoms with Gasteiger partial charge in [0.15, 0.2) is 0 Å². The number of hydrogen-bond donors (Lipinski definition) is 0. The summed E-state index contributed by atoms with van der Waals surface area (Å²) in [5.74, 6) is 0.356. The summed E-state index contributed by atoms with van der Waals surface area (Å²) >= 11 is 0. The topological polar surface area (TPSA) is 23.6 Å². The standard InChI is InChI=1S/C22H34N2O/c1-2-3-4-5-6-10-15-22(25)24-19-17-23(18-20-24)16-11-14-21-12-8-7-9-13-21/h7-9,11-14H,2-6,10,15-20H2,1H3. The van der Waals surface area contributed by atoms with E-state index in [0.717, 1.165) is 45.6 Å². The maximum Gasteiger partial charge on any atom is 0.222 e. The third kappa shape index (κ3) is 7.87. The van der Waals surface area contributed by atoms with Crippen LogP contribution >= 0.6 is 0 Å². The Hall–Kier alpha value is -1.61. The number of unbranched alkanes of at least 4 members (excludes halogenated alkanes) is 5. The minimum absolute atomic E-state index is 0.356. The molecule has 0 bridgehead atoms. The molecule has 1 heterocycles. The highest BCUT2D eigenvalue weighted by Gasteiger charge is 2.19. The van der Waals surface area contributed by atoms with Crippen LogP contribution in [0, 0.1) is 0 Å². The Morgan fingerprint density at radius 1 is 0.960 bits per heavy atom. The first-order valence-electron chi connectivity index (χ1n) is 10.0. The number of rotatable bonds is 10. The SMILES string of the molecule is CCCCCCCCC(=O)N1CCN(CC=Cc2ccccc2)CC1. The Bertz CT molecular complexity index is 504. The number of carbonyl (C=O) groups is 1. The molecule has 0 unspecified atom stereocenters. The van der Waals surface area contributed by atoms with Gasteiger partial charge in [0.1, 0.15) is 0 Å². The monoisotopic (exact) mass is 342 g/mol. The van der Waals surface area contributed by atoms with Crippen molar-refractivity contribution in [3.63, 3.8) is 0 Å². The van der Waals surface area contributed by atoms with E-state index < -0.39 is 0 Å². The highest BCUT2D eigenvalue weighted by Crippen LogP contribution is 2.10. The van der Waals surface area contributed by atoms with E-state index in [1.54, 1.807) is 0 Å². The maximum absolute atomic E-state index is 12.3. The predicted molar refractivity (Wildman–Crippen MR) is 106 cm³/mol. The van der Waals surface area contributed by atoms with Gasteiger partial charge in [-0.05, 0) is 12.0 Å². The molecule has 0 atom stereocenters. The number of benzene rings is 1. The lowest BCUT2D eigenvalue weighted by Crippen LogP contribution is -2.48. The first-order valence-corrected chi connectivity index (χ1v) is 10.0. The average molecular weight is 343 g/mol. The van der Waals surface area contributed by atoms with Crippen LogP contribution in [-0.4, -0.2) is 48.4 Å². The van der Waals surface area contributed by atoms with Gasteiger partial charge in [-0.15, -0.1) is 0 Å². The largest absolute Gasteiger partial charge is 0.340 e. The van der Waals surface area contributed by atoms with Gasteiger partial charge in [0.25, 0.3) is 0 Å². The summed E-state index contributed by atoms with van der Waals surface area (Å²) in [4.78, 5) is 16.8. The van der Waals surface area contributed by atoms with Crippen LogP contribution in [0.5, 0.6) is 0 Å². The Morgan fingerprint density at radius 3 is 2.36 bits per heavy atom. The Kier molecular flexibility index (Phi) is 9.35. The number of nitrogens with zero attached hydrogens (tertiary/aromatic N) is 2. The van der Waals surface area contributed by atoms with Crippen LogP contribution in [0.15, 0.2) is 36.4 Å². The Balaban J connectivity index is 1.57. The molecule has 25 heavy (non-hydrogen) atoms. The second-order valence-electron chi connectivity index (χ2n) is 7.01. The van der Waals surface area contributed by atoms with E-state index in [9.17, 15) is 4.79 Å². The third-order valence-electron chi connectivity index (χ3n) is 4.94. The molecule has 1 amide bonds. The van der Waals surface area contributed by atoms with E-state index in [1.165, 1.54) is 37.7 Å². The van der Waals surface area contributed by atoms with Crippen LogP contribution in [0.25, 0.3) is 6.08 Å². The molecule has 1 saturated heterocycles. The van der Waals surface area contributed by atoms with E-state index >= 15 is 0 Å². The van der Waals surface area contributed by atoms with Crippen molar-refractivity contribution < 1.29 is 4.79 Å². The molecule has 138 valence electrons. The van der Waals surface area contributed by atoms with Crippen molar-refractivity contribution in [3.05, 3.63) is 42.0 Å². The summed E-state index contributed by atoms with van der Waals surface area (Å²) in [6, 6.07) is 10.4. The lowest BCUT2D eigenvalue weighted by molar-refractivity contribution is -0.133. The van der Waals surface area contributed by atoms with Gasteiger partial charge in [-0.25, -0.2) is 0 Å². The van der Waals surface area contributed by atoms with Gasteiger partial charge in [0.2, 0.25) is 5.91 Å². The summed E-state index contributed by atoms with van der Waals surface area (Å²) in [6.45, 7) is 6.94. The quantitative estimate of drug-likeness (QED) is 0.580. The molecular formula is C22H34N2O. The molecule has 1 aromatic carbocycles. The first kappa shape index (κ1) is 19.7. The van der Waals surface area contributed by atoms with E-state index in [0.29, 0.717) is 5.91 Å². The fourth-order valence-electron chi connectivity index (χ4n) is 3.30. The van der Waals surface area contributed by atoms with Crippen molar-refractivity contribution in [2.45, 2.75) is 51.9 Å². The van der Waals surface area contributed by atoms with Crippen LogP contribution in [-0.2, 0) is 4.79 Å². The zero-order chi connectivity index (χ0) is 17.7. The molecule has 1 aliphatic heterocycles. The minimum Gasteiger partial charge on any atom is -0.340 e. The molecule has 2 rings (SSSR count). The molecule has 0 N–H and O–H groups in total. The second kappa shape index (κ2) is 11.9.